The first-order chi connectivity index (χ1) is 14.9. The predicted molar refractivity (Wildman–Crippen MR) is 117 cm³/mol. The number of hydrogen-bond acceptors (Lipinski definition) is 6. The maximum absolute atomic E-state index is 10.4. The number of pyridine rings is 2. The summed E-state index contributed by atoms with van der Waals surface area (Å²) in [5, 5.41) is 25.8. The molecule has 0 bridgehead atoms. The first kappa shape index (κ1) is 18.8. The van der Waals surface area contributed by atoms with E-state index in [1.54, 1.807) is 0 Å². The Labute approximate surface area is 181 Å². The lowest BCUT2D eigenvalue weighted by atomic mass is 9.90. The quantitative estimate of drug-likeness (QED) is 0.704. The van der Waals surface area contributed by atoms with Gasteiger partial charge in [-0.25, -0.2) is 9.67 Å². The minimum Gasteiger partial charge on any atom is -0.390 e. The smallest absolute Gasteiger partial charge is 0.130 e. The van der Waals surface area contributed by atoms with Crippen molar-refractivity contribution in [2.75, 3.05) is 18.0 Å². The van der Waals surface area contributed by atoms with Gasteiger partial charge in [-0.3, -0.25) is 4.98 Å². The Morgan fingerprint density at radius 2 is 2.06 bits per heavy atom. The number of nitriles is 1. The molecule has 3 fully saturated rings. The zero-order valence-corrected chi connectivity index (χ0v) is 17.9. The van der Waals surface area contributed by atoms with Crippen LogP contribution in [0.2, 0.25) is 0 Å². The second-order valence-electron chi connectivity index (χ2n) is 10.1. The highest BCUT2D eigenvalue weighted by atomic mass is 16.3. The molecular formula is C24H26N6O. The molecular weight excluding hydrogens is 388 g/mol. The molecule has 3 aromatic heterocycles. The number of rotatable bonds is 4. The van der Waals surface area contributed by atoms with E-state index in [9.17, 15) is 10.4 Å². The van der Waals surface area contributed by atoms with E-state index in [0.717, 1.165) is 66.9 Å². The minimum atomic E-state index is -0.688. The van der Waals surface area contributed by atoms with Gasteiger partial charge in [-0.2, -0.15) is 10.4 Å². The summed E-state index contributed by atoms with van der Waals surface area (Å²) in [6.07, 6.45) is 9.63. The average Bonchev–Trinajstić information content (AvgIpc) is 3.50. The zero-order chi connectivity index (χ0) is 21.4. The van der Waals surface area contributed by atoms with Gasteiger partial charge in [0.2, 0.25) is 0 Å². The fourth-order valence-electron chi connectivity index (χ4n) is 5.41. The molecule has 1 aliphatic heterocycles. The minimum absolute atomic E-state index is 0.184. The molecule has 31 heavy (non-hydrogen) atoms. The lowest BCUT2D eigenvalue weighted by Gasteiger charge is -2.26. The summed E-state index contributed by atoms with van der Waals surface area (Å²) in [5.41, 5.74) is 1.86. The van der Waals surface area contributed by atoms with Crippen LogP contribution in [0.1, 0.15) is 45.2 Å². The maximum Gasteiger partial charge on any atom is 0.130 e. The van der Waals surface area contributed by atoms with E-state index in [-0.39, 0.29) is 11.3 Å². The molecule has 4 heterocycles. The molecule has 158 valence electrons. The van der Waals surface area contributed by atoms with Crippen molar-refractivity contribution in [1.82, 2.24) is 19.7 Å². The van der Waals surface area contributed by atoms with Crippen molar-refractivity contribution >= 4 is 16.7 Å². The van der Waals surface area contributed by atoms with Gasteiger partial charge in [-0.1, -0.05) is 0 Å². The highest BCUT2D eigenvalue weighted by molar-refractivity contribution is 5.80. The molecule has 1 N–H and O–H groups in total. The third-order valence-electron chi connectivity index (χ3n) is 7.80. The lowest BCUT2D eigenvalue weighted by Crippen LogP contribution is -2.33. The third-order valence-corrected chi connectivity index (χ3v) is 7.80. The van der Waals surface area contributed by atoms with Gasteiger partial charge in [0.25, 0.3) is 0 Å². The molecule has 2 saturated carbocycles. The maximum atomic E-state index is 10.4. The summed E-state index contributed by atoms with van der Waals surface area (Å²) < 4.78 is 1.92. The van der Waals surface area contributed by atoms with Gasteiger partial charge in [-0.05, 0) is 57.1 Å². The summed E-state index contributed by atoms with van der Waals surface area (Å²) >= 11 is 0. The molecule has 3 aromatic rings. The summed E-state index contributed by atoms with van der Waals surface area (Å²) in [5.74, 6) is 1.13. The Balaban J connectivity index is 1.35. The van der Waals surface area contributed by atoms with Gasteiger partial charge in [0.15, 0.2) is 0 Å². The van der Waals surface area contributed by atoms with E-state index >= 15 is 0 Å². The second-order valence-corrected chi connectivity index (χ2v) is 10.1. The van der Waals surface area contributed by atoms with Gasteiger partial charge in [0.1, 0.15) is 11.2 Å². The van der Waals surface area contributed by atoms with Crippen LogP contribution in [-0.4, -0.2) is 43.5 Å². The second kappa shape index (κ2) is 6.04. The highest BCUT2D eigenvalue weighted by Crippen LogP contribution is 2.78. The van der Waals surface area contributed by atoms with Crippen LogP contribution < -0.4 is 4.90 Å². The van der Waals surface area contributed by atoms with Crippen molar-refractivity contribution in [2.45, 2.75) is 50.5 Å². The Hall–Kier alpha value is -2.98. The molecule has 2 unspecified atom stereocenters. The number of hydrogen-bond donors (Lipinski definition) is 1. The summed E-state index contributed by atoms with van der Waals surface area (Å²) in [6.45, 7) is 5.44. The number of fused-ring (bicyclic) bond motifs is 1. The van der Waals surface area contributed by atoms with Crippen LogP contribution in [0.25, 0.3) is 16.6 Å². The molecule has 6 rings (SSSR count). The molecule has 2 aliphatic carbocycles. The van der Waals surface area contributed by atoms with E-state index in [0.29, 0.717) is 0 Å². The van der Waals surface area contributed by atoms with Crippen LogP contribution in [-0.2, 0) is 5.41 Å². The number of aliphatic hydroxyl groups is 1. The van der Waals surface area contributed by atoms with Gasteiger partial charge in [-0.15, -0.1) is 0 Å². The van der Waals surface area contributed by atoms with Crippen molar-refractivity contribution in [3.05, 3.63) is 42.5 Å². The predicted octanol–water partition coefficient (Wildman–Crippen LogP) is 3.36. The molecule has 7 nitrogen and oxygen atoms in total. The molecule has 1 spiro atoms. The first-order valence-corrected chi connectivity index (χ1v) is 11.0. The van der Waals surface area contributed by atoms with Crippen molar-refractivity contribution in [2.24, 2.45) is 11.3 Å². The molecule has 0 aromatic carbocycles. The van der Waals surface area contributed by atoms with Crippen molar-refractivity contribution in [1.29, 1.82) is 5.26 Å². The molecule has 2 atom stereocenters. The van der Waals surface area contributed by atoms with Crippen LogP contribution in [0.3, 0.4) is 0 Å². The van der Waals surface area contributed by atoms with Crippen molar-refractivity contribution in [3.8, 4) is 11.8 Å². The van der Waals surface area contributed by atoms with Crippen LogP contribution in [0.4, 0.5) is 5.82 Å². The van der Waals surface area contributed by atoms with Gasteiger partial charge >= 0.3 is 0 Å². The fourth-order valence-corrected chi connectivity index (χ4v) is 5.41. The van der Waals surface area contributed by atoms with E-state index in [1.165, 1.54) is 0 Å². The summed E-state index contributed by atoms with van der Waals surface area (Å²) in [7, 11) is 0. The zero-order valence-electron chi connectivity index (χ0n) is 17.9. The van der Waals surface area contributed by atoms with Gasteiger partial charge in [0, 0.05) is 42.9 Å². The molecule has 0 amide bonds. The van der Waals surface area contributed by atoms with E-state index in [2.05, 4.69) is 38.2 Å². The molecule has 0 radical (unpaired) electrons. The van der Waals surface area contributed by atoms with Crippen LogP contribution in [0, 0.1) is 22.7 Å². The fraction of sp³-hybridized carbons (Fsp3) is 0.500. The number of anilines is 1. The molecule has 7 heteroatoms. The third kappa shape index (κ3) is 2.71. The number of nitrogens with zero attached hydrogens (tertiary/aromatic N) is 6. The Bertz CT molecular complexity index is 1230. The lowest BCUT2D eigenvalue weighted by molar-refractivity contribution is 0.0263. The largest absolute Gasteiger partial charge is 0.390 e. The summed E-state index contributed by atoms with van der Waals surface area (Å²) in [4.78, 5) is 11.5. The monoisotopic (exact) mass is 414 g/mol. The standard InChI is InChI=1S/C24H26N6O/c1-22(2,31)17-4-8-29(13-17)21-9-18(3-7-26-21)30-19-10-20(27-11-16(19)12-28-30)24(15-25)14-23(24)5-6-23/h3,7,9-12,17,31H,4-6,8,13-14H2,1-2H3. The average molecular weight is 415 g/mol. The Morgan fingerprint density at radius 1 is 1.23 bits per heavy atom. The summed E-state index contributed by atoms with van der Waals surface area (Å²) in [6, 6.07) is 8.64. The first-order valence-electron chi connectivity index (χ1n) is 11.0. The SMILES string of the molecule is CC(C)(O)C1CCN(c2cc(-n3ncc4cnc(C5(C#N)CC56CC6)cc43)ccn2)C1. The Morgan fingerprint density at radius 3 is 2.74 bits per heavy atom. The van der Waals surface area contributed by atoms with Gasteiger partial charge < -0.3 is 10.0 Å². The highest BCUT2D eigenvalue weighted by Gasteiger charge is 2.76. The number of aromatic nitrogens is 4. The van der Waals surface area contributed by atoms with Crippen LogP contribution >= 0.6 is 0 Å². The van der Waals surface area contributed by atoms with Crippen molar-refractivity contribution in [3.63, 3.8) is 0 Å². The van der Waals surface area contributed by atoms with Crippen LogP contribution in [0.5, 0.6) is 0 Å². The molecule has 1 saturated heterocycles. The van der Waals surface area contributed by atoms with E-state index in [4.69, 9.17) is 0 Å². The van der Waals surface area contributed by atoms with Crippen LogP contribution in [0.15, 0.2) is 36.8 Å². The van der Waals surface area contributed by atoms with Crippen molar-refractivity contribution < 1.29 is 5.11 Å². The topological polar surface area (TPSA) is 90.9 Å². The Kier molecular flexibility index (Phi) is 3.66. The van der Waals surface area contributed by atoms with Gasteiger partial charge in [0.05, 0.1) is 34.8 Å². The van der Waals surface area contributed by atoms with E-state index in [1.807, 2.05) is 43.2 Å². The molecule has 3 aliphatic rings. The van der Waals surface area contributed by atoms with E-state index < -0.39 is 11.0 Å². The normalized spacial score (nSPS) is 26.4.